The fourth-order valence-corrected chi connectivity index (χ4v) is 2.97. The molecule has 0 saturated carbocycles. The number of anilines is 1. The molecule has 1 atom stereocenters. The third-order valence-electron chi connectivity index (χ3n) is 3.51. The van der Waals surface area contributed by atoms with Gasteiger partial charge in [0.05, 0.1) is 0 Å². The number of carbonyl (C=O) groups excluding carboxylic acids is 1. The van der Waals surface area contributed by atoms with Crippen LogP contribution in [0.3, 0.4) is 0 Å². The largest absolute Gasteiger partial charge is 0.330 e. The molecule has 0 fully saturated rings. The minimum atomic E-state index is -0.243. The number of rotatable bonds is 7. The molecule has 24 heavy (non-hydrogen) atoms. The average Bonchev–Trinajstić information content (AvgIpc) is 2.60. The van der Waals surface area contributed by atoms with Crippen LogP contribution in [0.2, 0.25) is 0 Å². The molecule has 6 heteroatoms. The van der Waals surface area contributed by atoms with E-state index in [0.29, 0.717) is 13.1 Å². The van der Waals surface area contributed by atoms with E-state index in [1.165, 1.54) is 12.1 Å². The molecule has 2 aromatic carbocycles. The van der Waals surface area contributed by atoms with Gasteiger partial charge in [-0.1, -0.05) is 25.1 Å². The smallest absolute Gasteiger partial charge is 0.231 e. The van der Waals surface area contributed by atoms with Crippen LogP contribution < -0.4 is 10.6 Å². The van der Waals surface area contributed by atoms with Crippen LogP contribution in [0, 0.1) is 11.7 Å². The van der Waals surface area contributed by atoms with E-state index in [9.17, 15) is 9.18 Å². The molecule has 0 aromatic heterocycles. The normalized spacial score (nSPS) is 11.5. The third-order valence-corrected chi connectivity index (χ3v) is 4.50. The Morgan fingerprint density at radius 1 is 1.17 bits per heavy atom. The lowest BCUT2D eigenvalue weighted by atomic mass is 10.1. The molecule has 2 N–H and O–H groups in total. The van der Waals surface area contributed by atoms with E-state index < -0.39 is 0 Å². The second kappa shape index (κ2) is 10.3. The molecule has 0 aliphatic heterocycles. The third kappa shape index (κ3) is 5.82. The van der Waals surface area contributed by atoms with Crippen molar-refractivity contribution < 1.29 is 9.18 Å². The van der Waals surface area contributed by atoms with Gasteiger partial charge in [-0.3, -0.25) is 4.79 Å². The van der Waals surface area contributed by atoms with Crippen LogP contribution in [0.5, 0.6) is 0 Å². The molecule has 0 aliphatic carbocycles. The van der Waals surface area contributed by atoms with Gasteiger partial charge in [0.25, 0.3) is 0 Å². The van der Waals surface area contributed by atoms with Crippen molar-refractivity contribution in [3.05, 3.63) is 60.4 Å². The van der Waals surface area contributed by atoms with E-state index >= 15 is 0 Å². The maximum atomic E-state index is 12.9. The van der Waals surface area contributed by atoms with Gasteiger partial charge in [0.1, 0.15) is 5.82 Å². The van der Waals surface area contributed by atoms with E-state index in [-0.39, 0.29) is 30.0 Å². The lowest BCUT2D eigenvalue weighted by Crippen LogP contribution is -2.39. The molecule has 0 radical (unpaired) electrons. The molecule has 0 saturated heterocycles. The van der Waals surface area contributed by atoms with Crippen LogP contribution in [0.1, 0.15) is 6.92 Å². The maximum Gasteiger partial charge on any atom is 0.231 e. The summed E-state index contributed by atoms with van der Waals surface area (Å²) in [5.74, 6) is 0.292. The van der Waals surface area contributed by atoms with Crippen LogP contribution in [0.4, 0.5) is 10.1 Å². The second-order valence-electron chi connectivity index (χ2n) is 5.26. The van der Waals surface area contributed by atoms with Crippen LogP contribution >= 0.6 is 24.2 Å². The molecule has 1 unspecified atom stereocenters. The van der Waals surface area contributed by atoms with Crippen LogP contribution in [-0.4, -0.2) is 24.7 Å². The fourth-order valence-electron chi connectivity index (χ4n) is 2.13. The molecule has 2 aromatic rings. The Hall–Kier alpha value is -1.56. The van der Waals surface area contributed by atoms with E-state index in [1.54, 1.807) is 28.8 Å². The van der Waals surface area contributed by atoms with Crippen LogP contribution in [0.15, 0.2) is 59.5 Å². The zero-order chi connectivity index (χ0) is 16.7. The summed E-state index contributed by atoms with van der Waals surface area (Å²) in [6.45, 7) is 2.74. The number of carbonyl (C=O) groups is 1. The van der Waals surface area contributed by atoms with Gasteiger partial charge in [0.15, 0.2) is 0 Å². The molecular formula is C18H22ClFN2OS. The Morgan fingerprint density at radius 3 is 2.38 bits per heavy atom. The maximum absolute atomic E-state index is 12.9. The Labute approximate surface area is 152 Å². The molecule has 0 heterocycles. The van der Waals surface area contributed by atoms with Crippen molar-refractivity contribution in [3.8, 4) is 0 Å². The number of nitrogens with zero attached hydrogens (tertiary/aromatic N) is 1. The average molecular weight is 369 g/mol. The number of amides is 1. The lowest BCUT2D eigenvalue weighted by molar-refractivity contribution is -0.121. The molecule has 1 amide bonds. The quantitative estimate of drug-likeness (QED) is 0.752. The zero-order valence-electron chi connectivity index (χ0n) is 13.5. The summed E-state index contributed by atoms with van der Waals surface area (Å²) in [6.07, 6.45) is 0. The minimum Gasteiger partial charge on any atom is -0.330 e. The molecule has 2 rings (SSSR count). The first-order valence-corrected chi connectivity index (χ1v) is 8.55. The summed E-state index contributed by atoms with van der Waals surface area (Å²) in [7, 11) is 0. The first-order valence-electron chi connectivity index (χ1n) is 7.56. The monoisotopic (exact) mass is 368 g/mol. The lowest BCUT2D eigenvalue weighted by Gasteiger charge is -2.25. The molecule has 0 spiro atoms. The predicted molar refractivity (Wildman–Crippen MR) is 101 cm³/mol. The highest BCUT2D eigenvalue weighted by Crippen LogP contribution is 2.21. The molecule has 0 bridgehead atoms. The second-order valence-corrected chi connectivity index (χ2v) is 6.43. The molecular weight excluding hydrogens is 347 g/mol. The highest BCUT2D eigenvalue weighted by atomic mass is 35.5. The predicted octanol–water partition coefficient (Wildman–Crippen LogP) is 3.97. The Kier molecular flexibility index (Phi) is 8.82. The number of nitrogens with two attached hydrogens (primary N) is 1. The van der Waals surface area contributed by atoms with Gasteiger partial charge >= 0.3 is 0 Å². The number of para-hydroxylation sites is 1. The van der Waals surface area contributed by atoms with E-state index in [2.05, 4.69) is 0 Å². The number of thioether (sulfide) groups is 1. The van der Waals surface area contributed by atoms with Crippen LogP contribution in [-0.2, 0) is 4.79 Å². The standard InChI is InChI=1S/C18H21FN2OS.ClH/c1-14(13-20)18(22)21(16-5-3-2-4-6-16)11-12-23-17-9-7-15(19)8-10-17;/h2-10,14H,11-13,20H2,1H3;1H. The van der Waals surface area contributed by atoms with Gasteiger partial charge in [-0.2, -0.15) is 0 Å². The van der Waals surface area contributed by atoms with Crippen molar-refractivity contribution in [3.63, 3.8) is 0 Å². The number of halogens is 2. The summed E-state index contributed by atoms with van der Waals surface area (Å²) < 4.78 is 12.9. The molecule has 0 aliphatic rings. The van der Waals surface area contributed by atoms with Gasteiger partial charge in [0, 0.05) is 35.3 Å². The Bertz CT molecular complexity index is 625. The van der Waals surface area contributed by atoms with Gasteiger partial charge in [0.2, 0.25) is 5.91 Å². The van der Waals surface area contributed by atoms with Crippen molar-refractivity contribution in [1.29, 1.82) is 0 Å². The SMILES string of the molecule is CC(CN)C(=O)N(CCSc1ccc(F)cc1)c1ccccc1.Cl. The molecule has 3 nitrogen and oxygen atoms in total. The summed E-state index contributed by atoms with van der Waals surface area (Å²) in [4.78, 5) is 15.3. The zero-order valence-corrected chi connectivity index (χ0v) is 15.2. The van der Waals surface area contributed by atoms with Gasteiger partial charge in [-0.05, 0) is 36.4 Å². The Morgan fingerprint density at radius 2 is 1.79 bits per heavy atom. The van der Waals surface area contributed by atoms with Crippen molar-refractivity contribution in [2.75, 3.05) is 23.7 Å². The first-order chi connectivity index (χ1) is 11.1. The summed E-state index contributed by atoms with van der Waals surface area (Å²) in [5, 5.41) is 0. The van der Waals surface area contributed by atoms with Gasteiger partial charge in [-0.15, -0.1) is 24.2 Å². The number of benzene rings is 2. The van der Waals surface area contributed by atoms with E-state index in [4.69, 9.17) is 5.73 Å². The van der Waals surface area contributed by atoms with Crippen LogP contribution in [0.25, 0.3) is 0 Å². The van der Waals surface area contributed by atoms with Crippen molar-refractivity contribution in [2.24, 2.45) is 11.7 Å². The Balaban J connectivity index is 0.00000288. The molecule has 130 valence electrons. The number of hydrogen-bond donors (Lipinski definition) is 1. The summed E-state index contributed by atoms with van der Waals surface area (Å²) in [6, 6.07) is 16.0. The summed E-state index contributed by atoms with van der Waals surface area (Å²) in [5.41, 5.74) is 6.51. The van der Waals surface area contributed by atoms with E-state index in [1.807, 2.05) is 37.3 Å². The number of hydrogen-bond acceptors (Lipinski definition) is 3. The van der Waals surface area contributed by atoms with Gasteiger partial charge < -0.3 is 10.6 Å². The van der Waals surface area contributed by atoms with E-state index in [0.717, 1.165) is 16.3 Å². The minimum absolute atomic E-state index is 0. The van der Waals surface area contributed by atoms with Crippen molar-refractivity contribution in [1.82, 2.24) is 0 Å². The first kappa shape index (κ1) is 20.5. The van der Waals surface area contributed by atoms with Crippen molar-refractivity contribution >= 4 is 35.8 Å². The van der Waals surface area contributed by atoms with Crippen molar-refractivity contribution in [2.45, 2.75) is 11.8 Å². The topological polar surface area (TPSA) is 46.3 Å². The highest BCUT2D eigenvalue weighted by Gasteiger charge is 2.20. The fraction of sp³-hybridized carbons (Fsp3) is 0.278. The van der Waals surface area contributed by atoms with Gasteiger partial charge in [-0.25, -0.2) is 4.39 Å². The highest BCUT2D eigenvalue weighted by molar-refractivity contribution is 7.99. The summed E-state index contributed by atoms with van der Waals surface area (Å²) >= 11 is 1.60.